The Balaban J connectivity index is 1.91. The number of nitrogens with zero attached hydrogens (tertiary/aromatic N) is 1. The smallest absolute Gasteiger partial charge is 0.266 e. The Morgan fingerprint density at radius 2 is 1.94 bits per heavy atom. The van der Waals surface area contributed by atoms with Crippen LogP contribution < -0.4 is 10.9 Å². The zero-order valence-corrected chi connectivity index (χ0v) is 10.1. The highest BCUT2D eigenvalue weighted by molar-refractivity contribution is 5.93. The summed E-state index contributed by atoms with van der Waals surface area (Å²) >= 11 is 0. The lowest BCUT2D eigenvalue weighted by atomic mass is 10.1. The average molecular weight is 241 g/mol. The van der Waals surface area contributed by atoms with Crippen molar-refractivity contribution in [3.63, 3.8) is 0 Å². The molecule has 2 rings (SSSR count). The van der Waals surface area contributed by atoms with Crippen molar-refractivity contribution in [2.75, 3.05) is 0 Å². The van der Waals surface area contributed by atoms with Crippen LogP contribution >= 0.6 is 0 Å². The summed E-state index contributed by atoms with van der Waals surface area (Å²) in [4.78, 5) is 15.7. The van der Waals surface area contributed by atoms with Gasteiger partial charge in [-0.1, -0.05) is 30.3 Å². The van der Waals surface area contributed by atoms with Crippen molar-refractivity contribution >= 4 is 5.91 Å². The molecule has 1 heterocycles. The molecule has 1 aromatic carbocycles. The van der Waals surface area contributed by atoms with E-state index in [4.69, 9.17) is 0 Å². The van der Waals surface area contributed by atoms with E-state index in [1.54, 1.807) is 18.3 Å². The fourth-order valence-electron chi connectivity index (χ4n) is 1.57. The third kappa shape index (κ3) is 3.15. The van der Waals surface area contributed by atoms with Gasteiger partial charge in [-0.3, -0.25) is 15.2 Å². The standard InChI is InChI=1S/C14H15N3O/c1-11(12-6-3-2-4-7-12)16-17-14(18)13-8-5-9-15-10-13/h2-11,16H,1H3,(H,17,18). The van der Waals surface area contributed by atoms with Gasteiger partial charge < -0.3 is 0 Å². The minimum absolute atomic E-state index is 0.0480. The Morgan fingerprint density at radius 3 is 2.61 bits per heavy atom. The number of rotatable bonds is 4. The fraction of sp³-hybridized carbons (Fsp3) is 0.143. The minimum Gasteiger partial charge on any atom is -0.287 e. The predicted octanol–water partition coefficient (Wildman–Crippen LogP) is 2.08. The van der Waals surface area contributed by atoms with E-state index in [-0.39, 0.29) is 11.9 Å². The molecule has 92 valence electrons. The Kier molecular flexibility index (Phi) is 4.04. The number of benzene rings is 1. The Morgan fingerprint density at radius 1 is 1.17 bits per heavy atom. The first-order valence-corrected chi connectivity index (χ1v) is 5.78. The van der Waals surface area contributed by atoms with Crippen LogP contribution in [0.15, 0.2) is 54.9 Å². The molecule has 2 aromatic rings. The lowest BCUT2D eigenvalue weighted by molar-refractivity contribution is 0.0926. The summed E-state index contributed by atoms with van der Waals surface area (Å²) in [5.74, 6) is -0.189. The van der Waals surface area contributed by atoms with Gasteiger partial charge in [0.25, 0.3) is 5.91 Å². The number of hydrazine groups is 1. The molecule has 1 atom stereocenters. The van der Waals surface area contributed by atoms with Crippen molar-refractivity contribution in [1.82, 2.24) is 15.8 Å². The number of amides is 1. The van der Waals surface area contributed by atoms with Crippen LogP contribution in [0.2, 0.25) is 0 Å². The van der Waals surface area contributed by atoms with Crippen molar-refractivity contribution in [3.8, 4) is 0 Å². The van der Waals surface area contributed by atoms with Gasteiger partial charge in [0.1, 0.15) is 0 Å². The first-order chi connectivity index (χ1) is 8.77. The topological polar surface area (TPSA) is 54.0 Å². The van der Waals surface area contributed by atoms with Crippen LogP contribution in [0.25, 0.3) is 0 Å². The second-order valence-corrected chi connectivity index (χ2v) is 3.97. The number of aromatic nitrogens is 1. The van der Waals surface area contributed by atoms with E-state index in [0.29, 0.717) is 5.56 Å². The molecular weight excluding hydrogens is 226 g/mol. The molecule has 0 saturated carbocycles. The lowest BCUT2D eigenvalue weighted by Crippen LogP contribution is -2.39. The van der Waals surface area contributed by atoms with Gasteiger partial charge in [0.2, 0.25) is 0 Å². The van der Waals surface area contributed by atoms with E-state index >= 15 is 0 Å². The number of hydrogen-bond acceptors (Lipinski definition) is 3. The lowest BCUT2D eigenvalue weighted by Gasteiger charge is -2.14. The molecule has 0 aliphatic heterocycles. The predicted molar refractivity (Wildman–Crippen MR) is 69.7 cm³/mol. The molecule has 0 spiro atoms. The van der Waals surface area contributed by atoms with Crippen LogP contribution in [0.3, 0.4) is 0 Å². The zero-order chi connectivity index (χ0) is 12.8. The van der Waals surface area contributed by atoms with Gasteiger partial charge >= 0.3 is 0 Å². The van der Waals surface area contributed by atoms with Gasteiger partial charge in [0, 0.05) is 18.4 Å². The second-order valence-electron chi connectivity index (χ2n) is 3.97. The third-order valence-corrected chi connectivity index (χ3v) is 2.63. The molecule has 0 aliphatic rings. The molecular formula is C14H15N3O. The quantitative estimate of drug-likeness (QED) is 0.806. The molecule has 1 aromatic heterocycles. The van der Waals surface area contributed by atoms with Crippen LogP contribution in [-0.2, 0) is 0 Å². The maximum atomic E-state index is 11.8. The summed E-state index contributed by atoms with van der Waals surface area (Å²) in [7, 11) is 0. The van der Waals surface area contributed by atoms with Crippen LogP contribution in [0, 0.1) is 0 Å². The highest BCUT2D eigenvalue weighted by Gasteiger charge is 2.07. The van der Waals surface area contributed by atoms with Crippen molar-refractivity contribution in [2.24, 2.45) is 0 Å². The highest BCUT2D eigenvalue weighted by atomic mass is 16.2. The fourth-order valence-corrected chi connectivity index (χ4v) is 1.57. The van der Waals surface area contributed by atoms with Crippen LogP contribution in [0.4, 0.5) is 0 Å². The van der Waals surface area contributed by atoms with Crippen molar-refractivity contribution in [1.29, 1.82) is 0 Å². The van der Waals surface area contributed by atoms with Crippen LogP contribution in [0.1, 0.15) is 28.9 Å². The van der Waals surface area contributed by atoms with E-state index < -0.39 is 0 Å². The molecule has 0 aliphatic carbocycles. The Bertz CT molecular complexity index is 499. The van der Waals surface area contributed by atoms with Crippen molar-refractivity contribution in [3.05, 3.63) is 66.0 Å². The number of carbonyl (C=O) groups excluding carboxylic acids is 1. The summed E-state index contributed by atoms with van der Waals surface area (Å²) in [5, 5.41) is 0. The van der Waals surface area contributed by atoms with Gasteiger partial charge in [-0.05, 0) is 24.6 Å². The summed E-state index contributed by atoms with van der Waals surface area (Å²) in [5.41, 5.74) is 7.29. The SMILES string of the molecule is CC(NNC(=O)c1cccnc1)c1ccccc1. The number of pyridine rings is 1. The third-order valence-electron chi connectivity index (χ3n) is 2.63. The van der Waals surface area contributed by atoms with E-state index in [1.165, 1.54) is 6.20 Å². The van der Waals surface area contributed by atoms with Crippen LogP contribution in [0.5, 0.6) is 0 Å². The van der Waals surface area contributed by atoms with Gasteiger partial charge in [-0.25, -0.2) is 5.43 Å². The molecule has 1 amide bonds. The summed E-state index contributed by atoms with van der Waals surface area (Å²) in [6.45, 7) is 1.98. The molecule has 0 saturated heterocycles. The molecule has 0 radical (unpaired) electrons. The Hall–Kier alpha value is -2.20. The molecule has 2 N–H and O–H groups in total. The van der Waals surface area contributed by atoms with E-state index in [9.17, 15) is 4.79 Å². The zero-order valence-electron chi connectivity index (χ0n) is 10.1. The molecule has 18 heavy (non-hydrogen) atoms. The first-order valence-electron chi connectivity index (χ1n) is 5.78. The maximum Gasteiger partial charge on any atom is 0.266 e. The maximum absolute atomic E-state index is 11.8. The normalized spacial score (nSPS) is 11.8. The minimum atomic E-state index is -0.189. The van der Waals surface area contributed by atoms with Crippen LogP contribution in [-0.4, -0.2) is 10.9 Å². The summed E-state index contributed by atoms with van der Waals surface area (Å²) in [6, 6.07) is 13.4. The molecule has 0 bridgehead atoms. The van der Waals surface area contributed by atoms with E-state index in [1.807, 2.05) is 37.3 Å². The summed E-state index contributed by atoms with van der Waals surface area (Å²) < 4.78 is 0. The van der Waals surface area contributed by atoms with Gasteiger partial charge in [0.15, 0.2) is 0 Å². The highest BCUT2D eigenvalue weighted by Crippen LogP contribution is 2.09. The molecule has 1 unspecified atom stereocenters. The molecule has 4 heteroatoms. The van der Waals surface area contributed by atoms with E-state index in [2.05, 4.69) is 15.8 Å². The van der Waals surface area contributed by atoms with E-state index in [0.717, 1.165) is 5.56 Å². The Labute approximate surface area is 106 Å². The average Bonchev–Trinajstić information content (AvgIpc) is 2.46. The molecule has 0 fully saturated rings. The largest absolute Gasteiger partial charge is 0.287 e. The number of carbonyl (C=O) groups is 1. The number of nitrogens with one attached hydrogen (secondary N) is 2. The van der Waals surface area contributed by atoms with Gasteiger partial charge in [-0.15, -0.1) is 0 Å². The first kappa shape index (κ1) is 12.3. The van der Waals surface area contributed by atoms with Crippen molar-refractivity contribution in [2.45, 2.75) is 13.0 Å². The number of hydrogen-bond donors (Lipinski definition) is 2. The molecule has 4 nitrogen and oxygen atoms in total. The van der Waals surface area contributed by atoms with Crippen molar-refractivity contribution < 1.29 is 4.79 Å². The van der Waals surface area contributed by atoms with Gasteiger partial charge in [0.05, 0.1) is 5.56 Å². The second kappa shape index (κ2) is 5.93. The monoisotopic (exact) mass is 241 g/mol. The van der Waals surface area contributed by atoms with Gasteiger partial charge in [-0.2, -0.15) is 0 Å². The summed E-state index contributed by atoms with van der Waals surface area (Å²) in [6.07, 6.45) is 3.17.